The van der Waals surface area contributed by atoms with Gasteiger partial charge in [0, 0.05) is 49.5 Å². The highest BCUT2D eigenvalue weighted by molar-refractivity contribution is 6.36. The zero-order valence-electron chi connectivity index (χ0n) is 20.8. The van der Waals surface area contributed by atoms with Crippen molar-refractivity contribution in [1.29, 1.82) is 0 Å². The number of rotatable bonds is 6. The Morgan fingerprint density at radius 1 is 1.09 bits per heavy atom. The number of carbonyl (C=O) groups excluding carboxylic acids is 1. The van der Waals surface area contributed by atoms with Crippen LogP contribution in [0, 0.1) is 5.92 Å². The van der Waals surface area contributed by atoms with Crippen LogP contribution in [0.3, 0.4) is 0 Å². The van der Waals surface area contributed by atoms with E-state index in [9.17, 15) is 4.79 Å². The summed E-state index contributed by atoms with van der Waals surface area (Å²) >= 11 is 6.69. The van der Waals surface area contributed by atoms with Crippen LogP contribution in [-0.4, -0.2) is 49.5 Å². The summed E-state index contributed by atoms with van der Waals surface area (Å²) in [5.74, 6) is 0.498. The van der Waals surface area contributed by atoms with Crippen molar-refractivity contribution in [2.75, 3.05) is 38.6 Å². The van der Waals surface area contributed by atoms with Gasteiger partial charge in [-0.3, -0.25) is 14.7 Å². The van der Waals surface area contributed by atoms with Crippen LogP contribution in [0.2, 0.25) is 5.02 Å². The number of nitrogens with zero attached hydrogens (tertiary/aromatic N) is 3. The first-order valence-corrected chi connectivity index (χ1v) is 13.2. The molecular weight excluding hydrogens is 456 g/mol. The van der Waals surface area contributed by atoms with E-state index in [0.29, 0.717) is 11.5 Å². The zero-order valence-corrected chi connectivity index (χ0v) is 21.6. The molecule has 0 unspecified atom stereocenters. The highest BCUT2D eigenvalue weighted by Crippen LogP contribution is 2.33. The van der Waals surface area contributed by atoms with E-state index in [1.807, 2.05) is 18.2 Å². The number of pyridine rings is 1. The van der Waals surface area contributed by atoms with Gasteiger partial charge in [-0.1, -0.05) is 29.8 Å². The van der Waals surface area contributed by atoms with Crippen LogP contribution in [0.4, 0.5) is 5.69 Å². The Morgan fingerprint density at radius 2 is 1.83 bits per heavy atom. The summed E-state index contributed by atoms with van der Waals surface area (Å²) in [5.41, 5.74) is 6.37. The number of hydrogen-bond donors (Lipinski definition) is 1. The molecule has 3 aromatic rings. The number of hydrogen-bond acceptors (Lipinski definition) is 4. The number of likely N-dealkylation sites (tertiary alicyclic amines) is 1. The Hall–Kier alpha value is -2.63. The normalized spacial score (nSPS) is 16.8. The SMILES string of the molecule is CN(C)c1ccc(CN2CCC(CNC(=O)c3ccc4c(Cl)c5c(nc4c3)CCCC5)CC2)cc1. The van der Waals surface area contributed by atoms with Gasteiger partial charge in [0.05, 0.1) is 10.5 Å². The molecule has 2 aromatic carbocycles. The molecule has 1 aliphatic carbocycles. The number of aromatic nitrogens is 1. The fourth-order valence-corrected chi connectivity index (χ4v) is 5.72. The smallest absolute Gasteiger partial charge is 0.251 e. The van der Waals surface area contributed by atoms with Crippen LogP contribution >= 0.6 is 11.6 Å². The molecule has 0 radical (unpaired) electrons. The predicted octanol–water partition coefficient (Wildman–Crippen LogP) is 5.48. The number of halogens is 1. The predicted molar refractivity (Wildman–Crippen MR) is 144 cm³/mol. The maximum Gasteiger partial charge on any atom is 0.251 e. The molecular formula is C29H35ClN4O. The van der Waals surface area contributed by atoms with Crippen LogP contribution in [-0.2, 0) is 19.4 Å². The summed E-state index contributed by atoms with van der Waals surface area (Å²) in [6, 6.07) is 14.6. The maximum atomic E-state index is 12.9. The highest BCUT2D eigenvalue weighted by atomic mass is 35.5. The molecule has 1 N–H and O–H groups in total. The molecule has 0 atom stereocenters. The molecule has 5 rings (SSSR count). The van der Waals surface area contributed by atoms with E-state index in [1.165, 1.54) is 23.2 Å². The van der Waals surface area contributed by atoms with Crippen LogP contribution in [0.1, 0.15) is 52.9 Å². The first-order valence-electron chi connectivity index (χ1n) is 12.9. The summed E-state index contributed by atoms with van der Waals surface area (Å²) < 4.78 is 0. The minimum absolute atomic E-state index is 0.0223. The zero-order chi connectivity index (χ0) is 24.4. The van der Waals surface area contributed by atoms with Crippen molar-refractivity contribution in [2.45, 2.75) is 45.1 Å². The quantitative estimate of drug-likeness (QED) is 0.497. The molecule has 1 amide bonds. The number of carbonyl (C=O) groups is 1. The van der Waals surface area contributed by atoms with Crippen molar-refractivity contribution in [1.82, 2.24) is 15.2 Å². The number of nitrogens with one attached hydrogen (secondary N) is 1. The second-order valence-electron chi connectivity index (χ2n) is 10.3. The van der Waals surface area contributed by atoms with E-state index in [1.54, 1.807) is 0 Å². The number of piperidine rings is 1. The summed E-state index contributed by atoms with van der Waals surface area (Å²) in [5, 5.41) is 4.94. The van der Waals surface area contributed by atoms with Gasteiger partial charge < -0.3 is 10.2 Å². The average molecular weight is 491 g/mol. The topological polar surface area (TPSA) is 48.5 Å². The van der Waals surface area contributed by atoms with E-state index >= 15 is 0 Å². The molecule has 2 aliphatic rings. The number of aryl methyl sites for hydroxylation is 1. The Balaban J connectivity index is 1.14. The van der Waals surface area contributed by atoms with E-state index < -0.39 is 0 Å². The van der Waals surface area contributed by atoms with Gasteiger partial charge in [0.25, 0.3) is 5.91 Å². The third-order valence-electron chi connectivity index (χ3n) is 7.57. The molecule has 1 aliphatic heterocycles. The van der Waals surface area contributed by atoms with Crippen molar-refractivity contribution in [2.24, 2.45) is 5.92 Å². The van der Waals surface area contributed by atoms with E-state index in [-0.39, 0.29) is 5.91 Å². The van der Waals surface area contributed by atoms with E-state index in [2.05, 4.69) is 53.5 Å². The lowest BCUT2D eigenvalue weighted by atomic mass is 9.94. The van der Waals surface area contributed by atoms with Crippen LogP contribution in [0.5, 0.6) is 0 Å². The molecule has 184 valence electrons. The van der Waals surface area contributed by atoms with Crippen molar-refractivity contribution in [3.63, 3.8) is 0 Å². The third kappa shape index (κ3) is 5.46. The molecule has 0 saturated carbocycles. The number of fused-ring (bicyclic) bond motifs is 2. The standard InChI is InChI=1S/C29H35ClN4O/c1-33(2)23-10-7-21(8-11-23)19-34-15-13-20(14-16-34)18-31-29(35)22-9-12-25-27(17-22)32-26-6-4-3-5-24(26)28(25)30/h7-12,17,20H,3-6,13-16,18-19H2,1-2H3,(H,31,35). The number of amides is 1. The molecule has 35 heavy (non-hydrogen) atoms. The van der Waals surface area contributed by atoms with Crippen LogP contribution < -0.4 is 10.2 Å². The van der Waals surface area contributed by atoms with Gasteiger partial charge in [-0.25, -0.2) is 0 Å². The summed E-state index contributed by atoms with van der Waals surface area (Å²) in [7, 11) is 4.13. The van der Waals surface area contributed by atoms with E-state index in [0.717, 1.165) is 79.9 Å². The molecule has 0 bridgehead atoms. The monoisotopic (exact) mass is 490 g/mol. The molecule has 1 fully saturated rings. The minimum atomic E-state index is -0.0223. The molecule has 6 heteroatoms. The molecule has 0 spiro atoms. The summed E-state index contributed by atoms with van der Waals surface area (Å²) in [4.78, 5) is 22.4. The maximum absolute atomic E-state index is 12.9. The minimum Gasteiger partial charge on any atom is -0.378 e. The Kier molecular flexibility index (Phi) is 7.26. The van der Waals surface area contributed by atoms with Crippen LogP contribution in [0.25, 0.3) is 10.9 Å². The summed E-state index contributed by atoms with van der Waals surface area (Å²) in [6.45, 7) is 3.85. The first-order chi connectivity index (χ1) is 17.0. The van der Waals surface area contributed by atoms with Crippen molar-refractivity contribution >= 4 is 34.1 Å². The molecule has 1 aromatic heterocycles. The van der Waals surface area contributed by atoms with Crippen molar-refractivity contribution < 1.29 is 4.79 Å². The Labute approximate surface area is 213 Å². The van der Waals surface area contributed by atoms with Gasteiger partial charge in [0.2, 0.25) is 0 Å². The van der Waals surface area contributed by atoms with Crippen molar-refractivity contribution in [3.05, 3.63) is 69.9 Å². The van der Waals surface area contributed by atoms with Gasteiger partial charge in [-0.15, -0.1) is 0 Å². The number of benzene rings is 2. The first kappa shape index (κ1) is 24.1. The third-order valence-corrected chi connectivity index (χ3v) is 8.00. The van der Waals surface area contributed by atoms with Gasteiger partial charge >= 0.3 is 0 Å². The average Bonchev–Trinajstić information content (AvgIpc) is 2.88. The molecule has 2 heterocycles. The van der Waals surface area contributed by atoms with Crippen LogP contribution in [0.15, 0.2) is 42.5 Å². The van der Waals surface area contributed by atoms with Gasteiger partial charge in [-0.2, -0.15) is 0 Å². The van der Waals surface area contributed by atoms with Crippen molar-refractivity contribution in [3.8, 4) is 0 Å². The van der Waals surface area contributed by atoms with Gasteiger partial charge in [0.1, 0.15) is 0 Å². The second kappa shape index (κ2) is 10.5. The molecule has 1 saturated heterocycles. The lowest BCUT2D eigenvalue weighted by Gasteiger charge is -2.32. The Morgan fingerprint density at radius 3 is 2.57 bits per heavy atom. The fourth-order valence-electron chi connectivity index (χ4n) is 5.35. The lowest BCUT2D eigenvalue weighted by molar-refractivity contribution is 0.0935. The fraction of sp³-hybridized carbons (Fsp3) is 0.448. The van der Waals surface area contributed by atoms with Gasteiger partial charge in [-0.05, 0) is 92.9 Å². The second-order valence-corrected chi connectivity index (χ2v) is 10.7. The van der Waals surface area contributed by atoms with E-state index in [4.69, 9.17) is 16.6 Å². The number of anilines is 1. The Bertz CT molecular complexity index is 1200. The van der Waals surface area contributed by atoms with Gasteiger partial charge in [0.15, 0.2) is 0 Å². The molecule has 5 nitrogen and oxygen atoms in total. The largest absolute Gasteiger partial charge is 0.378 e. The highest BCUT2D eigenvalue weighted by Gasteiger charge is 2.21. The lowest BCUT2D eigenvalue weighted by Crippen LogP contribution is -2.38. The summed E-state index contributed by atoms with van der Waals surface area (Å²) in [6.07, 6.45) is 6.52.